The summed E-state index contributed by atoms with van der Waals surface area (Å²) in [7, 11) is 0. The second-order valence-electron chi connectivity index (χ2n) is 5.57. The average molecular weight is 204 g/mol. The standard InChI is InChI=1S/C15H24/c1-10-6-5-7-14(12(10)3)15-9-8-11(2)13(15)4/h14-15H,5-9H2,1-4H3. The minimum Gasteiger partial charge on any atom is -0.0741 e. The van der Waals surface area contributed by atoms with E-state index in [9.17, 15) is 0 Å². The summed E-state index contributed by atoms with van der Waals surface area (Å²) in [5.41, 5.74) is 6.74. The molecule has 15 heavy (non-hydrogen) atoms. The van der Waals surface area contributed by atoms with Gasteiger partial charge in [0.1, 0.15) is 0 Å². The van der Waals surface area contributed by atoms with Gasteiger partial charge >= 0.3 is 0 Å². The van der Waals surface area contributed by atoms with Crippen molar-refractivity contribution in [3.8, 4) is 0 Å². The molecule has 0 fully saturated rings. The van der Waals surface area contributed by atoms with Crippen molar-refractivity contribution in [3.05, 3.63) is 22.3 Å². The molecule has 2 aliphatic carbocycles. The van der Waals surface area contributed by atoms with Crippen molar-refractivity contribution < 1.29 is 0 Å². The van der Waals surface area contributed by atoms with Gasteiger partial charge in [-0.2, -0.15) is 0 Å². The largest absolute Gasteiger partial charge is 0.0741 e. The lowest BCUT2D eigenvalue weighted by atomic mass is 9.74. The highest BCUT2D eigenvalue weighted by Gasteiger charge is 2.30. The first-order valence-corrected chi connectivity index (χ1v) is 6.43. The highest BCUT2D eigenvalue weighted by atomic mass is 14.4. The Morgan fingerprint density at radius 1 is 0.733 bits per heavy atom. The molecule has 2 unspecified atom stereocenters. The highest BCUT2D eigenvalue weighted by Crippen LogP contribution is 2.44. The molecule has 0 saturated carbocycles. The summed E-state index contributed by atoms with van der Waals surface area (Å²) in [6.07, 6.45) is 6.94. The van der Waals surface area contributed by atoms with Gasteiger partial charge in [0.05, 0.1) is 0 Å². The molecule has 0 radical (unpaired) electrons. The zero-order valence-electron chi connectivity index (χ0n) is 10.7. The monoisotopic (exact) mass is 204 g/mol. The van der Waals surface area contributed by atoms with Crippen LogP contribution in [-0.4, -0.2) is 0 Å². The fourth-order valence-corrected chi connectivity index (χ4v) is 3.43. The van der Waals surface area contributed by atoms with Crippen LogP contribution in [0.3, 0.4) is 0 Å². The second kappa shape index (κ2) is 4.15. The van der Waals surface area contributed by atoms with Gasteiger partial charge in [-0.1, -0.05) is 22.3 Å². The van der Waals surface area contributed by atoms with Gasteiger partial charge in [0.2, 0.25) is 0 Å². The van der Waals surface area contributed by atoms with E-state index in [1.165, 1.54) is 32.1 Å². The maximum atomic E-state index is 2.38. The molecule has 0 bridgehead atoms. The SMILES string of the molecule is CC1=C(C)C(C2CCC(C)=C2C)CCC1. The van der Waals surface area contributed by atoms with E-state index in [0.717, 1.165) is 11.8 Å². The van der Waals surface area contributed by atoms with Gasteiger partial charge in [-0.15, -0.1) is 0 Å². The van der Waals surface area contributed by atoms with Crippen molar-refractivity contribution in [1.82, 2.24) is 0 Å². The van der Waals surface area contributed by atoms with Gasteiger partial charge in [-0.25, -0.2) is 0 Å². The third-order valence-corrected chi connectivity index (χ3v) is 4.84. The van der Waals surface area contributed by atoms with Crippen molar-refractivity contribution in [3.63, 3.8) is 0 Å². The maximum Gasteiger partial charge on any atom is -0.0135 e. The van der Waals surface area contributed by atoms with E-state index in [1.807, 2.05) is 0 Å². The fourth-order valence-electron chi connectivity index (χ4n) is 3.43. The summed E-state index contributed by atoms with van der Waals surface area (Å²) in [6.45, 7) is 9.40. The highest BCUT2D eigenvalue weighted by molar-refractivity contribution is 5.26. The van der Waals surface area contributed by atoms with E-state index in [1.54, 1.807) is 22.3 Å². The number of rotatable bonds is 1. The van der Waals surface area contributed by atoms with Gasteiger partial charge in [0.25, 0.3) is 0 Å². The lowest BCUT2D eigenvalue weighted by molar-refractivity contribution is 0.373. The smallest absolute Gasteiger partial charge is 0.0135 e. The van der Waals surface area contributed by atoms with Crippen molar-refractivity contribution in [2.75, 3.05) is 0 Å². The zero-order valence-corrected chi connectivity index (χ0v) is 10.7. The molecule has 0 N–H and O–H groups in total. The molecular formula is C15H24. The molecule has 0 aromatic heterocycles. The summed E-state index contributed by atoms with van der Waals surface area (Å²) in [5, 5.41) is 0. The molecule has 0 saturated heterocycles. The lowest BCUT2D eigenvalue weighted by Crippen LogP contribution is -2.19. The number of allylic oxidation sites excluding steroid dienone is 4. The van der Waals surface area contributed by atoms with Gasteiger partial charge in [-0.3, -0.25) is 0 Å². The molecular weight excluding hydrogens is 180 g/mol. The van der Waals surface area contributed by atoms with E-state index in [-0.39, 0.29) is 0 Å². The zero-order chi connectivity index (χ0) is 11.0. The molecule has 0 amide bonds. The average Bonchev–Trinajstić information content (AvgIpc) is 2.53. The fraction of sp³-hybridized carbons (Fsp3) is 0.733. The Labute approximate surface area is 94.5 Å². The normalized spacial score (nSPS) is 32.8. The maximum absolute atomic E-state index is 2.38. The Kier molecular flexibility index (Phi) is 3.04. The first-order chi connectivity index (χ1) is 7.11. The van der Waals surface area contributed by atoms with Crippen molar-refractivity contribution in [2.45, 2.75) is 59.8 Å². The molecule has 0 nitrogen and oxygen atoms in total. The second-order valence-corrected chi connectivity index (χ2v) is 5.57. The van der Waals surface area contributed by atoms with E-state index in [2.05, 4.69) is 27.7 Å². The Balaban J connectivity index is 2.22. The summed E-state index contributed by atoms with van der Waals surface area (Å²) in [6, 6.07) is 0. The first kappa shape index (κ1) is 11.0. The topological polar surface area (TPSA) is 0 Å². The molecule has 0 heterocycles. The van der Waals surface area contributed by atoms with E-state index >= 15 is 0 Å². The molecule has 0 spiro atoms. The first-order valence-electron chi connectivity index (χ1n) is 6.43. The molecule has 2 aliphatic rings. The minimum absolute atomic E-state index is 0.871. The summed E-state index contributed by atoms with van der Waals surface area (Å²) in [4.78, 5) is 0. The predicted octanol–water partition coefficient (Wildman–Crippen LogP) is 4.87. The van der Waals surface area contributed by atoms with Crippen LogP contribution < -0.4 is 0 Å². The van der Waals surface area contributed by atoms with Crippen LogP contribution in [0.5, 0.6) is 0 Å². The van der Waals surface area contributed by atoms with Gasteiger partial charge in [0, 0.05) is 0 Å². The van der Waals surface area contributed by atoms with E-state index in [0.29, 0.717) is 0 Å². The lowest BCUT2D eigenvalue weighted by Gasteiger charge is -2.31. The van der Waals surface area contributed by atoms with Gasteiger partial charge in [-0.05, 0) is 71.6 Å². The molecule has 2 rings (SSSR count). The Hall–Kier alpha value is -0.520. The van der Waals surface area contributed by atoms with Crippen LogP contribution in [0.1, 0.15) is 59.8 Å². The van der Waals surface area contributed by atoms with Crippen LogP contribution in [0, 0.1) is 11.8 Å². The van der Waals surface area contributed by atoms with Gasteiger partial charge in [0.15, 0.2) is 0 Å². The minimum atomic E-state index is 0.871. The molecule has 0 heteroatoms. The molecule has 0 aromatic rings. The summed E-state index contributed by atoms with van der Waals surface area (Å²) < 4.78 is 0. The third kappa shape index (κ3) is 1.91. The van der Waals surface area contributed by atoms with E-state index in [4.69, 9.17) is 0 Å². The quantitative estimate of drug-likeness (QED) is 0.535. The van der Waals surface area contributed by atoms with Crippen LogP contribution in [-0.2, 0) is 0 Å². The van der Waals surface area contributed by atoms with Crippen LogP contribution in [0.2, 0.25) is 0 Å². The third-order valence-electron chi connectivity index (χ3n) is 4.84. The number of hydrogen-bond acceptors (Lipinski definition) is 0. The Morgan fingerprint density at radius 2 is 1.27 bits per heavy atom. The van der Waals surface area contributed by atoms with Crippen LogP contribution >= 0.6 is 0 Å². The molecule has 0 aromatic carbocycles. The van der Waals surface area contributed by atoms with Crippen molar-refractivity contribution >= 4 is 0 Å². The van der Waals surface area contributed by atoms with Crippen molar-refractivity contribution in [1.29, 1.82) is 0 Å². The summed E-state index contributed by atoms with van der Waals surface area (Å²) >= 11 is 0. The van der Waals surface area contributed by atoms with E-state index < -0.39 is 0 Å². The Morgan fingerprint density at radius 3 is 1.87 bits per heavy atom. The number of hydrogen-bond donors (Lipinski definition) is 0. The predicted molar refractivity (Wildman–Crippen MR) is 66.8 cm³/mol. The van der Waals surface area contributed by atoms with Crippen LogP contribution in [0.4, 0.5) is 0 Å². The van der Waals surface area contributed by atoms with Gasteiger partial charge < -0.3 is 0 Å². The molecule has 2 atom stereocenters. The molecule has 84 valence electrons. The van der Waals surface area contributed by atoms with Crippen LogP contribution in [0.25, 0.3) is 0 Å². The summed E-state index contributed by atoms with van der Waals surface area (Å²) in [5.74, 6) is 1.75. The van der Waals surface area contributed by atoms with Crippen molar-refractivity contribution in [2.24, 2.45) is 11.8 Å². The molecule has 0 aliphatic heterocycles. The Bertz CT molecular complexity index is 317. The van der Waals surface area contributed by atoms with Crippen LogP contribution in [0.15, 0.2) is 22.3 Å².